The second-order valence-electron chi connectivity index (χ2n) is 4.86. The molecule has 0 aliphatic carbocycles. The number of anilines is 1. The Morgan fingerprint density at radius 3 is 3.00 bits per heavy atom. The molecule has 0 saturated carbocycles. The van der Waals surface area contributed by atoms with Crippen LogP contribution in [0, 0.1) is 13.8 Å². The highest BCUT2D eigenvalue weighted by Crippen LogP contribution is 2.20. The number of aryl methyl sites for hydroxylation is 1. The predicted octanol–water partition coefficient (Wildman–Crippen LogP) is 2.47. The van der Waals surface area contributed by atoms with Crippen molar-refractivity contribution in [1.82, 2.24) is 19.6 Å². The molecule has 0 spiro atoms. The number of carbonyl (C=O) groups excluding carboxylic acids is 1. The number of aromatic nitrogens is 4. The summed E-state index contributed by atoms with van der Waals surface area (Å²) in [6, 6.07) is 7.66. The van der Waals surface area contributed by atoms with E-state index in [-0.39, 0.29) is 11.7 Å². The van der Waals surface area contributed by atoms with Gasteiger partial charge in [0.1, 0.15) is 0 Å². The van der Waals surface area contributed by atoms with Crippen LogP contribution in [0.25, 0.3) is 5.78 Å². The van der Waals surface area contributed by atoms with Gasteiger partial charge in [-0.2, -0.15) is 0 Å². The van der Waals surface area contributed by atoms with E-state index in [9.17, 15) is 4.79 Å². The summed E-state index contributed by atoms with van der Waals surface area (Å²) in [6.07, 6.45) is 3.49. The monoisotopic (exact) mass is 313 g/mol. The number of benzene rings is 1. The molecule has 22 heavy (non-hydrogen) atoms. The first-order valence-corrected chi connectivity index (χ1v) is 7.78. The quantitative estimate of drug-likeness (QED) is 0.749. The van der Waals surface area contributed by atoms with Gasteiger partial charge in [0.05, 0.1) is 5.75 Å². The molecule has 0 radical (unpaired) electrons. The van der Waals surface area contributed by atoms with Gasteiger partial charge in [0, 0.05) is 18.1 Å². The number of hydrogen-bond acceptors (Lipinski definition) is 5. The molecule has 0 bridgehead atoms. The van der Waals surface area contributed by atoms with Crippen LogP contribution in [0.2, 0.25) is 0 Å². The fourth-order valence-electron chi connectivity index (χ4n) is 2.02. The average molecular weight is 313 g/mol. The Morgan fingerprint density at radius 2 is 2.14 bits per heavy atom. The number of carbonyl (C=O) groups is 1. The number of thioether (sulfide) groups is 1. The van der Waals surface area contributed by atoms with E-state index in [0.29, 0.717) is 10.9 Å². The fraction of sp³-hybridized carbons (Fsp3) is 0.200. The Balaban J connectivity index is 1.66. The Bertz CT molecular complexity index is 830. The first kappa shape index (κ1) is 14.5. The van der Waals surface area contributed by atoms with Crippen LogP contribution in [0.15, 0.2) is 41.8 Å². The van der Waals surface area contributed by atoms with Crippen LogP contribution in [-0.2, 0) is 4.79 Å². The Kier molecular flexibility index (Phi) is 4.06. The molecule has 0 unspecified atom stereocenters. The molecule has 3 rings (SSSR count). The van der Waals surface area contributed by atoms with Gasteiger partial charge in [-0.05, 0) is 37.1 Å². The lowest BCUT2D eigenvalue weighted by molar-refractivity contribution is -0.113. The maximum absolute atomic E-state index is 12.1. The highest BCUT2D eigenvalue weighted by Gasteiger charge is 2.10. The lowest BCUT2D eigenvalue weighted by Crippen LogP contribution is -2.15. The van der Waals surface area contributed by atoms with E-state index >= 15 is 0 Å². The van der Waals surface area contributed by atoms with Gasteiger partial charge in [0.25, 0.3) is 5.78 Å². The molecule has 112 valence electrons. The molecule has 2 aromatic heterocycles. The van der Waals surface area contributed by atoms with E-state index in [1.54, 1.807) is 16.7 Å². The summed E-state index contributed by atoms with van der Waals surface area (Å²) in [6.45, 7) is 4.02. The zero-order valence-corrected chi connectivity index (χ0v) is 13.1. The van der Waals surface area contributed by atoms with Gasteiger partial charge in [-0.25, -0.2) is 4.98 Å². The molecular formula is C15H15N5OS. The SMILES string of the molecule is Cc1cccc(NC(=O)CSc2nnc3ncccn23)c1C. The second kappa shape index (κ2) is 6.15. The molecule has 2 heterocycles. The van der Waals surface area contributed by atoms with Crippen LogP contribution in [0.5, 0.6) is 0 Å². The van der Waals surface area contributed by atoms with Crippen LogP contribution >= 0.6 is 11.8 Å². The fourth-order valence-corrected chi connectivity index (χ4v) is 2.74. The van der Waals surface area contributed by atoms with E-state index < -0.39 is 0 Å². The van der Waals surface area contributed by atoms with Crippen LogP contribution in [0.4, 0.5) is 5.69 Å². The first-order valence-electron chi connectivity index (χ1n) is 6.80. The minimum absolute atomic E-state index is 0.0701. The lowest BCUT2D eigenvalue weighted by atomic mass is 10.1. The van der Waals surface area contributed by atoms with Gasteiger partial charge in [-0.1, -0.05) is 23.9 Å². The van der Waals surface area contributed by atoms with Gasteiger partial charge < -0.3 is 5.32 Å². The minimum atomic E-state index is -0.0701. The molecule has 1 amide bonds. The molecule has 0 aliphatic heterocycles. The normalized spacial score (nSPS) is 10.8. The van der Waals surface area contributed by atoms with Crippen molar-refractivity contribution in [3.05, 3.63) is 47.8 Å². The predicted molar refractivity (Wildman–Crippen MR) is 86.1 cm³/mol. The van der Waals surface area contributed by atoms with Crippen molar-refractivity contribution < 1.29 is 4.79 Å². The van der Waals surface area contributed by atoms with Crippen molar-refractivity contribution >= 4 is 29.1 Å². The van der Waals surface area contributed by atoms with Gasteiger partial charge in [-0.3, -0.25) is 9.20 Å². The topological polar surface area (TPSA) is 72.2 Å². The molecular weight excluding hydrogens is 298 g/mol. The summed E-state index contributed by atoms with van der Waals surface area (Å²) in [5.74, 6) is 0.725. The third kappa shape index (κ3) is 2.94. The summed E-state index contributed by atoms with van der Waals surface area (Å²) in [5.41, 5.74) is 3.08. The molecule has 0 atom stereocenters. The maximum atomic E-state index is 12.1. The molecule has 1 N–H and O–H groups in total. The summed E-state index contributed by atoms with van der Waals surface area (Å²) in [5, 5.41) is 11.6. The lowest BCUT2D eigenvalue weighted by Gasteiger charge is -2.09. The summed E-state index contributed by atoms with van der Waals surface area (Å²) in [7, 11) is 0. The number of rotatable bonds is 4. The van der Waals surface area contributed by atoms with Crippen molar-refractivity contribution in [2.24, 2.45) is 0 Å². The first-order chi connectivity index (χ1) is 10.6. The smallest absolute Gasteiger partial charge is 0.255 e. The minimum Gasteiger partial charge on any atom is -0.325 e. The molecule has 7 heteroatoms. The van der Waals surface area contributed by atoms with Gasteiger partial charge in [0.2, 0.25) is 5.91 Å². The van der Waals surface area contributed by atoms with Crippen LogP contribution in [-0.4, -0.2) is 31.2 Å². The molecule has 6 nitrogen and oxygen atoms in total. The number of amides is 1. The van der Waals surface area contributed by atoms with Crippen molar-refractivity contribution in [1.29, 1.82) is 0 Å². The molecule has 3 aromatic rings. The zero-order chi connectivity index (χ0) is 15.5. The van der Waals surface area contributed by atoms with Crippen LogP contribution < -0.4 is 5.32 Å². The number of nitrogens with one attached hydrogen (secondary N) is 1. The van der Waals surface area contributed by atoms with E-state index in [1.165, 1.54) is 11.8 Å². The van der Waals surface area contributed by atoms with Crippen LogP contribution in [0.3, 0.4) is 0 Å². The van der Waals surface area contributed by atoms with Gasteiger partial charge >= 0.3 is 0 Å². The van der Waals surface area contributed by atoms with Gasteiger partial charge in [0.15, 0.2) is 5.16 Å². The summed E-state index contributed by atoms with van der Waals surface area (Å²) in [4.78, 5) is 16.2. The molecule has 1 aromatic carbocycles. The number of hydrogen-bond donors (Lipinski definition) is 1. The summed E-state index contributed by atoms with van der Waals surface area (Å²) >= 11 is 1.33. The Hall–Kier alpha value is -2.41. The summed E-state index contributed by atoms with van der Waals surface area (Å²) < 4.78 is 1.76. The van der Waals surface area contributed by atoms with Crippen LogP contribution in [0.1, 0.15) is 11.1 Å². The largest absolute Gasteiger partial charge is 0.325 e. The average Bonchev–Trinajstić information content (AvgIpc) is 2.93. The maximum Gasteiger partial charge on any atom is 0.255 e. The second-order valence-corrected chi connectivity index (χ2v) is 5.80. The standard InChI is InChI=1S/C15H15N5OS/c1-10-5-3-6-12(11(10)2)17-13(21)9-22-15-19-18-14-16-7-4-8-20(14)15/h3-8H,9H2,1-2H3,(H,17,21). The highest BCUT2D eigenvalue weighted by atomic mass is 32.2. The highest BCUT2D eigenvalue weighted by molar-refractivity contribution is 7.99. The van der Waals surface area contributed by atoms with E-state index in [4.69, 9.17) is 0 Å². The number of nitrogens with zero attached hydrogens (tertiary/aromatic N) is 4. The van der Waals surface area contributed by atoms with Gasteiger partial charge in [-0.15, -0.1) is 10.2 Å². The van der Waals surface area contributed by atoms with E-state index in [1.807, 2.05) is 38.2 Å². The molecule has 0 fully saturated rings. The van der Waals surface area contributed by atoms with Crippen molar-refractivity contribution in [2.45, 2.75) is 19.0 Å². The van der Waals surface area contributed by atoms with Crippen molar-refractivity contribution in [3.8, 4) is 0 Å². The number of fused-ring (bicyclic) bond motifs is 1. The third-order valence-electron chi connectivity index (χ3n) is 3.37. The Morgan fingerprint density at radius 1 is 1.27 bits per heavy atom. The van der Waals surface area contributed by atoms with E-state index in [2.05, 4.69) is 20.5 Å². The zero-order valence-electron chi connectivity index (χ0n) is 12.3. The van der Waals surface area contributed by atoms with Crippen molar-refractivity contribution in [2.75, 3.05) is 11.1 Å². The third-order valence-corrected chi connectivity index (χ3v) is 4.31. The molecule has 0 aliphatic rings. The van der Waals surface area contributed by atoms with E-state index in [0.717, 1.165) is 16.8 Å². The van der Waals surface area contributed by atoms with Crippen molar-refractivity contribution in [3.63, 3.8) is 0 Å². The Labute approximate surface area is 132 Å². The molecule has 0 saturated heterocycles.